The first-order valence-electron chi connectivity index (χ1n) is 7.32. The second-order valence-corrected chi connectivity index (χ2v) is 6.09. The van der Waals surface area contributed by atoms with Gasteiger partial charge in [-0.1, -0.05) is 6.07 Å². The highest BCUT2D eigenvalue weighted by molar-refractivity contribution is 7.99. The van der Waals surface area contributed by atoms with Crippen LogP contribution in [0.15, 0.2) is 18.2 Å². The fourth-order valence-corrected chi connectivity index (χ4v) is 3.27. The number of carbonyl (C=O) groups is 1. The molecule has 21 heavy (non-hydrogen) atoms. The highest BCUT2D eigenvalue weighted by Gasteiger charge is 2.15. The molecule has 2 rings (SSSR count). The van der Waals surface area contributed by atoms with Gasteiger partial charge in [-0.15, -0.1) is 0 Å². The lowest BCUT2D eigenvalue weighted by atomic mass is 10.1. The van der Waals surface area contributed by atoms with E-state index in [1.165, 1.54) is 11.5 Å². The third-order valence-corrected chi connectivity index (χ3v) is 4.34. The van der Waals surface area contributed by atoms with Crippen LogP contribution in [0.25, 0.3) is 0 Å². The van der Waals surface area contributed by atoms with Crippen LogP contribution in [0.2, 0.25) is 0 Å². The van der Waals surface area contributed by atoms with Crippen LogP contribution in [-0.2, 0) is 0 Å². The molecule has 0 spiro atoms. The van der Waals surface area contributed by atoms with E-state index in [1.807, 2.05) is 18.7 Å². The van der Waals surface area contributed by atoms with Gasteiger partial charge in [-0.25, -0.2) is 0 Å². The minimum Gasteiger partial charge on any atom is -0.491 e. The van der Waals surface area contributed by atoms with Gasteiger partial charge in [0.05, 0.1) is 17.9 Å². The van der Waals surface area contributed by atoms with Crippen LogP contribution in [0.1, 0.15) is 17.3 Å². The van der Waals surface area contributed by atoms with Crippen molar-refractivity contribution in [3.05, 3.63) is 23.8 Å². The lowest BCUT2D eigenvalue weighted by molar-refractivity contribution is 0.0945. The summed E-state index contributed by atoms with van der Waals surface area (Å²) in [6, 6.07) is 5.26. The summed E-state index contributed by atoms with van der Waals surface area (Å²) in [6.45, 7) is 6.09. The number of nitrogens with two attached hydrogens (primary N) is 1. The Morgan fingerprint density at radius 2 is 2.19 bits per heavy atom. The molecule has 1 saturated heterocycles. The van der Waals surface area contributed by atoms with E-state index in [0.717, 1.165) is 19.6 Å². The summed E-state index contributed by atoms with van der Waals surface area (Å²) in [7, 11) is 0. The Morgan fingerprint density at radius 3 is 2.90 bits per heavy atom. The van der Waals surface area contributed by atoms with Crippen LogP contribution >= 0.6 is 11.8 Å². The molecule has 6 heteroatoms. The quantitative estimate of drug-likeness (QED) is 0.779. The van der Waals surface area contributed by atoms with Gasteiger partial charge in [-0.05, 0) is 19.1 Å². The molecule has 1 fully saturated rings. The van der Waals surface area contributed by atoms with E-state index in [1.54, 1.807) is 18.2 Å². The number of hydrogen-bond acceptors (Lipinski definition) is 5. The maximum atomic E-state index is 12.3. The van der Waals surface area contributed by atoms with Gasteiger partial charge in [0.1, 0.15) is 0 Å². The summed E-state index contributed by atoms with van der Waals surface area (Å²) in [6.07, 6.45) is 0. The van der Waals surface area contributed by atoms with Gasteiger partial charge in [0.25, 0.3) is 5.91 Å². The molecular weight excluding hydrogens is 286 g/mol. The average molecular weight is 309 g/mol. The molecule has 0 radical (unpaired) electrons. The van der Waals surface area contributed by atoms with E-state index < -0.39 is 0 Å². The molecule has 0 saturated carbocycles. The zero-order valence-corrected chi connectivity index (χ0v) is 13.2. The normalized spacial score (nSPS) is 15.7. The summed E-state index contributed by atoms with van der Waals surface area (Å²) >= 11 is 1.98. The van der Waals surface area contributed by atoms with Crippen LogP contribution in [0, 0.1) is 0 Å². The molecule has 5 nitrogen and oxygen atoms in total. The van der Waals surface area contributed by atoms with E-state index >= 15 is 0 Å². The standard InChI is InChI=1S/C15H23N3O2S/c1-2-20-14-12(4-3-5-13(14)16)15(19)17-6-7-18-8-10-21-11-9-18/h3-5H,2,6-11,16H2,1H3,(H,17,19). The van der Waals surface area contributed by atoms with Crippen LogP contribution in [0.3, 0.4) is 0 Å². The number of nitrogens with zero attached hydrogens (tertiary/aromatic N) is 1. The number of amides is 1. The molecule has 0 unspecified atom stereocenters. The van der Waals surface area contributed by atoms with Crippen molar-refractivity contribution in [2.24, 2.45) is 0 Å². The molecule has 1 amide bonds. The lowest BCUT2D eigenvalue weighted by Gasteiger charge is -2.26. The summed E-state index contributed by atoms with van der Waals surface area (Å²) in [4.78, 5) is 14.6. The molecule has 1 aliphatic heterocycles. The third kappa shape index (κ3) is 4.54. The second kappa shape index (κ2) is 8.14. The zero-order valence-electron chi connectivity index (χ0n) is 12.4. The summed E-state index contributed by atoms with van der Waals surface area (Å²) in [5.74, 6) is 2.71. The predicted molar refractivity (Wildman–Crippen MR) is 88.1 cm³/mol. The Balaban J connectivity index is 1.89. The minimum absolute atomic E-state index is 0.128. The van der Waals surface area contributed by atoms with Crippen molar-refractivity contribution in [1.82, 2.24) is 10.2 Å². The molecule has 3 N–H and O–H groups in total. The molecule has 1 heterocycles. The lowest BCUT2D eigenvalue weighted by Crippen LogP contribution is -2.39. The smallest absolute Gasteiger partial charge is 0.255 e. The van der Waals surface area contributed by atoms with Crippen molar-refractivity contribution < 1.29 is 9.53 Å². The first kappa shape index (κ1) is 16.0. The fraction of sp³-hybridized carbons (Fsp3) is 0.533. The maximum Gasteiger partial charge on any atom is 0.255 e. The molecule has 1 aromatic rings. The molecule has 0 bridgehead atoms. The molecule has 1 aliphatic rings. The fourth-order valence-electron chi connectivity index (χ4n) is 2.29. The monoisotopic (exact) mass is 309 g/mol. The number of benzene rings is 1. The van der Waals surface area contributed by atoms with Crippen molar-refractivity contribution >= 4 is 23.4 Å². The number of ether oxygens (including phenoxy) is 1. The Hall–Kier alpha value is -1.40. The van der Waals surface area contributed by atoms with Crippen LogP contribution < -0.4 is 15.8 Å². The molecule has 1 aromatic carbocycles. The van der Waals surface area contributed by atoms with E-state index in [-0.39, 0.29) is 5.91 Å². The van der Waals surface area contributed by atoms with Gasteiger partial charge in [-0.2, -0.15) is 11.8 Å². The van der Waals surface area contributed by atoms with Crippen molar-refractivity contribution in [1.29, 1.82) is 0 Å². The third-order valence-electron chi connectivity index (χ3n) is 3.40. The Kier molecular flexibility index (Phi) is 6.20. The molecule has 0 aliphatic carbocycles. The van der Waals surface area contributed by atoms with Crippen molar-refractivity contribution in [2.45, 2.75) is 6.92 Å². The van der Waals surface area contributed by atoms with Crippen molar-refractivity contribution in [3.63, 3.8) is 0 Å². The number of anilines is 1. The van der Waals surface area contributed by atoms with Crippen molar-refractivity contribution in [3.8, 4) is 5.75 Å². The van der Waals surface area contributed by atoms with Gasteiger partial charge in [0, 0.05) is 37.7 Å². The van der Waals surface area contributed by atoms with Gasteiger partial charge in [-0.3, -0.25) is 9.69 Å². The van der Waals surface area contributed by atoms with Gasteiger partial charge in [0.15, 0.2) is 5.75 Å². The van der Waals surface area contributed by atoms with Gasteiger partial charge >= 0.3 is 0 Å². The largest absolute Gasteiger partial charge is 0.491 e. The maximum absolute atomic E-state index is 12.3. The van der Waals surface area contributed by atoms with Crippen LogP contribution in [0.4, 0.5) is 5.69 Å². The van der Waals surface area contributed by atoms with Crippen LogP contribution in [0.5, 0.6) is 5.75 Å². The number of nitrogen functional groups attached to an aromatic ring is 1. The number of carbonyl (C=O) groups excluding carboxylic acids is 1. The Labute approximate surface area is 130 Å². The molecular formula is C15H23N3O2S. The molecule has 0 atom stereocenters. The zero-order chi connectivity index (χ0) is 15.1. The number of nitrogens with one attached hydrogen (secondary N) is 1. The van der Waals surface area contributed by atoms with Crippen LogP contribution in [-0.4, -0.2) is 55.1 Å². The Morgan fingerprint density at radius 1 is 1.43 bits per heavy atom. The predicted octanol–water partition coefficient (Wildman–Crippen LogP) is 1.45. The Bertz CT molecular complexity index is 476. The minimum atomic E-state index is -0.128. The van der Waals surface area contributed by atoms with E-state index in [9.17, 15) is 4.79 Å². The topological polar surface area (TPSA) is 67.6 Å². The first-order valence-corrected chi connectivity index (χ1v) is 8.47. The van der Waals surface area contributed by atoms with Gasteiger partial charge in [0.2, 0.25) is 0 Å². The first-order chi connectivity index (χ1) is 10.2. The summed E-state index contributed by atoms with van der Waals surface area (Å²) in [5.41, 5.74) is 6.88. The number of hydrogen-bond donors (Lipinski definition) is 2. The van der Waals surface area contributed by atoms with Crippen molar-refractivity contribution in [2.75, 3.05) is 50.0 Å². The molecule has 116 valence electrons. The van der Waals surface area contributed by atoms with E-state index in [4.69, 9.17) is 10.5 Å². The highest BCUT2D eigenvalue weighted by atomic mass is 32.2. The number of rotatable bonds is 6. The highest BCUT2D eigenvalue weighted by Crippen LogP contribution is 2.26. The van der Waals surface area contributed by atoms with E-state index in [2.05, 4.69) is 10.2 Å². The second-order valence-electron chi connectivity index (χ2n) is 4.87. The summed E-state index contributed by atoms with van der Waals surface area (Å²) in [5, 5.41) is 2.95. The summed E-state index contributed by atoms with van der Waals surface area (Å²) < 4.78 is 5.49. The average Bonchev–Trinajstić information content (AvgIpc) is 2.50. The number of thioether (sulfide) groups is 1. The molecule has 0 aromatic heterocycles. The SMILES string of the molecule is CCOc1c(N)cccc1C(=O)NCCN1CCSCC1. The van der Waals surface area contributed by atoms with Gasteiger partial charge < -0.3 is 15.8 Å². The number of para-hydroxylation sites is 1. The van der Waals surface area contributed by atoms with E-state index in [0.29, 0.717) is 30.2 Å².